The summed E-state index contributed by atoms with van der Waals surface area (Å²) in [6, 6.07) is 0.227. The van der Waals surface area contributed by atoms with Crippen molar-refractivity contribution in [2.45, 2.75) is 63.5 Å². The van der Waals surface area contributed by atoms with Gasteiger partial charge in [-0.15, -0.1) is 0 Å². The molecule has 2 saturated heterocycles. The monoisotopic (exact) mass is 325 g/mol. The van der Waals surface area contributed by atoms with Gasteiger partial charge in [-0.25, -0.2) is 0 Å². The molecule has 0 aromatic heterocycles. The zero-order valence-corrected chi connectivity index (χ0v) is 15.3. The predicted molar refractivity (Wildman–Crippen MR) is 93.6 cm³/mol. The van der Waals surface area contributed by atoms with E-state index >= 15 is 0 Å². The van der Waals surface area contributed by atoms with Crippen LogP contribution < -0.4 is 5.32 Å². The van der Waals surface area contributed by atoms with E-state index in [1.165, 1.54) is 12.8 Å². The number of amides is 1. The molecule has 0 aliphatic carbocycles. The van der Waals surface area contributed by atoms with Crippen LogP contribution in [0.5, 0.6) is 0 Å². The zero-order valence-electron chi connectivity index (χ0n) is 15.3. The Morgan fingerprint density at radius 1 is 1.17 bits per heavy atom. The summed E-state index contributed by atoms with van der Waals surface area (Å²) in [4.78, 5) is 16.9. The molecule has 5 heteroatoms. The van der Waals surface area contributed by atoms with E-state index in [0.29, 0.717) is 12.3 Å². The Morgan fingerprint density at radius 2 is 1.78 bits per heavy atom. The van der Waals surface area contributed by atoms with Crippen molar-refractivity contribution in [3.63, 3.8) is 0 Å². The molecular formula is C18H35N3O2. The highest BCUT2D eigenvalue weighted by Gasteiger charge is 2.34. The Balaban J connectivity index is 1.78. The Labute approximate surface area is 141 Å². The second-order valence-electron chi connectivity index (χ2n) is 7.51. The van der Waals surface area contributed by atoms with E-state index in [0.717, 1.165) is 58.5 Å². The lowest BCUT2D eigenvalue weighted by Crippen LogP contribution is -2.56. The molecule has 2 fully saturated rings. The average molecular weight is 325 g/mol. The van der Waals surface area contributed by atoms with Gasteiger partial charge in [-0.2, -0.15) is 0 Å². The number of hydrogen-bond acceptors (Lipinski definition) is 4. The number of hydrogen-bond donors (Lipinski definition) is 1. The fraction of sp³-hybridized carbons (Fsp3) is 0.944. The molecule has 2 heterocycles. The highest BCUT2D eigenvalue weighted by Crippen LogP contribution is 2.25. The maximum Gasteiger partial charge on any atom is 0.224 e. The maximum atomic E-state index is 12.5. The van der Waals surface area contributed by atoms with Crippen LogP contribution in [-0.2, 0) is 9.53 Å². The molecule has 2 rings (SSSR count). The summed E-state index contributed by atoms with van der Waals surface area (Å²) in [5.74, 6) is 0.317. The van der Waals surface area contributed by atoms with Crippen LogP contribution >= 0.6 is 0 Å². The molecule has 134 valence electrons. The van der Waals surface area contributed by atoms with Crippen molar-refractivity contribution in [2.75, 3.05) is 46.9 Å². The van der Waals surface area contributed by atoms with Gasteiger partial charge in [0, 0.05) is 50.8 Å². The van der Waals surface area contributed by atoms with E-state index in [9.17, 15) is 4.79 Å². The number of nitrogens with one attached hydrogen (secondary N) is 1. The molecular weight excluding hydrogens is 290 g/mol. The lowest BCUT2D eigenvalue weighted by molar-refractivity contribution is -0.131. The van der Waals surface area contributed by atoms with Crippen molar-refractivity contribution in [1.82, 2.24) is 15.1 Å². The summed E-state index contributed by atoms with van der Waals surface area (Å²) in [6.45, 7) is 6.63. The molecule has 0 aromatic rings. The first-order valence-corrected chi connectivity index (χ1v) is 9.30. The second-order valence-corrected chi connectivity index (χ2v) is 7.51. The highest BCUT2D eigenvalue weighted by molar-refractivity contribution is 5.76. The summed E-state index contributed by atoms with van der Waals surface area (Å²) < 4.78 is 5.52. The smallest absolute Gasteiger partial charge is 0.224 e. The zero-order chi connectivity index (χ0) is 16.7. The van der Waals surface area contributed by atoms with Gasteiger partial charge in [0.2, 0.25) is 5.91 Å². The molecule has 1 atom stereocenters. The third-order valence-electron chi connectivity index (χ3n) is 5.59. The van der Waals surface area contributed by atoms with Crippen LogP contribution in [0, 0.1) is 0 Å². The Morgan fingerprint density at radius 3 is 2.35 bits per heavy atom. The first-order valence-electron chi connectivity index (χ1n) is 9.30. The first kappa shape index (κ1) is 18.7. The third-order valence-corrected chi connectivity index (χ3v) is 5.59. The van der Waals surface area contributed by atoms with Gasteiger partial charge in [0.25, 0.3) is 0 Å². The molecule has 5 nitrogen and oxygen atoms in total. The van der Waals surface area contributed by atoms with E-state index in [1.807, 2.05) is 0 Å². The predicted octanol–water partition coefficient (Wildman–Crippen LogP) is 1.87. The normalized spacial score (nSPS) is 23.6. The molecule has 1 amide bonds. The summed E-state index contributed by atoms with van der Waals surface area (Å²) >= 11 is 0. The van der Waals surface area contributed by atoms with E-state index in [2.05, 4.69) is 36.1 Å². The minimum absolute atomic E-state index is 0.165. The largest absolute Gasteiger partial charge is 0.381 e. The first-order chi connectivity index (χ1) is 11.0. The lowest BCUT2D eigenvalue weighted by atomic mass is 9.88. The molecule has 0 bridgehead atoms. The fourth-order valence-corrected chi connectivity index (χ4v) is 3.68. The lowest BCUT2D eigenvalue weighted by Gasteiger charge is -2.43. The molecule has 0 aromatic carbocycles. The molecule has 0 saturated carbocycles. The topological polar surface area (TPSA) is 44.8 Å². The quantitative estimate of drug-likeness (QED) is 0.810. The van der Waals surface area contributed by atoms with E-state index < -0.39 is 0 Å². The number of nitrogens with zero attached hydrogens (tertiary/aromatic N) is 2. The van der Waals surface area contributed by atoms with Gasteiger partial charge in [-0.05, 0) is 46.7 Å². The van der Waals surface area contributed by atoms with Crippen LogP contribution in [0.2, 0.25) is 0 Å². The molecule has 2 aliphatic heterocycles. The number of likely N-dealkylation sites (N-methyl/N-ethyl adjacent to an activating group) is 1. The van der Waals surface area contributed by atoms with Crippen LogP contribution in [0.25, 0.3) is 0 Å². The second kappa shape index (κ2) is 9.00. The molecule has 0 radical (unpaired) electrons. The van der Waals surface area contributed by atoms with Crippen LogP contribution in [0.1, 0.15) is 51.9 Å². The number of ether oxygens (including phenoxy) is 1. The minimum Gasteiger partial charge on any atom is -0.381 e. The van der Waals surface area contributed by atoms with Gasteiger partial charge in [0.1, 0.15) is 0 Å². The van der Waals surface area contributed by atoms with Crippen molar-refractivity contribution >= 4 is 5.91 Å². The van der Waals surface area contributed by atoms with Gasteiger partial charge in [0.15, 0.2) is 0 Å². The van der Waals surface area contributed by atoms with E-state index in [-0.39, 0.29) is 11.6 Å². The Kier molecular flexibility index (Phi) is 7.31. The van der Waals surface area contributed by atoms with Crippen LogP contribution in [0.15, 0.2) is 0 Å². The van der Waals surface area contributed by atoms with Gasteiger partial charge in [-0.3, -0.25) is 4.79 Å². The van der Waals surface area contributed by atoms with Gasteiger partial charge < -0.3 is 19.9 Å². The van der Waals surface area contributed by atoms with Gasteiger partial charge >= 0.3 is 0 Å². The van der Waals surface area contributed by atoms with Crippen molar-refractivity contribution in [1.29, 1.82) is 0 Å². The third kappa shape index (κ3) is 5.44. The van der Waals surface area contributed by atoms with Crippen LogP contribution in [0.4, 0.5) is 0 Å². The van der Waals surface area contributed by atoms with E-state index in [4.69, 9.17) is 4.74 Å². The summed E-state index contributed by atoms with van der Waals surface area (Å²) in [6.07, 6.45) is 7.59. The minimum atomic E-state index is 0.165. The SMILES string of the molecule is CC(CC(=O)N1CCCCCC1)NCC1(N(C)C)CCOCC1. The van der Waals surface area contributed by atoms with Crippen molar-refractivity contribution in [3.05, 3.63) is 0 Å². The molecule has 2 aliphatic rings. The Hall–Kier alpha value is -0.650. The number of carbonyl (C=O) groups excluding carboxylic acids is 1. The molecule has 1 unspecified atom stereocenters. The molecule has 1 N–H and O–H groups in total. The van der Waals surface area contributed by atoms with E-state index in [1.54, 1.807) is 0 Å². The Bertz CT molecular complexity index is 359. The highest BCUT2D eigenvalue weighted by atomic mass is 16.5. The number of carbonyl (C=O) groups is 1. The van der Waals surface area contributed by atoms with Gasteiger partial charge in [-0.1, -0.05) is 12.8 Å². The van der Waals surface area contributed by atoms with Crippen molar-refractivity contribution in [2.24, 2.45) is 0 Å². The van der Waals surface area contributed by atoms with Gasteiger partial charge in [0.05, 0.1) is 0 Å². The molecule has 23 heavy (non-hydrogen) atoms. The van der Waals surface area contributed by atoms with Crippen molar-refractivity contribution in [3.8, 4) is 0 Å². The summed E-state index contributed by atoms with van der Waals surface area (Å²) in [7, 11) is 4.31. The van der Waals surface area contributed by atoms with Crippen LogP contribution in [0.3, 0.4) is 0 Å². The standard InChI is InChI=1S/C18H35N3O2/c1-16(14-17(22)21-10-6-4-5-7-11-21)19-15-18(20(2)3)8-12-23-13-9-18/h16,19H,4-15H2,1-3H3. The van der Waals surface area contributed by atoms with Crippen molar-refractivity contribution < 1.29 is 9.53 Å². The summed E-state index contributed by atoms with van der Waals surface area (Å²) in [5.41, 5.74) is 0.165. The summed E-state index contributed by atoms with van der Waals surface area (Å²) in [5, 5.41) is 3.62. The number of likely N-dealkylation sites (tertiary alicyclic amines) is 1. The average Bonchev–Trinajstić information content (AvgIpc) is 2.83. The molecule has 0 spiro atoms. The fourth-order valence-electron chi connectivity index (χ4n) is 3.68. The maximum absolute atomic E-state index is 12.5. The number of rotatable bonds is 6. The van der Waals surface area contributed by atoms with Crippen LogP contribution in [-0.4, -0.2) is 74.2 Å².